The van der Waals surface area contributed by atoms with E-state index in [1.54, 1.807) is 6.21 Å². The zero-order valence-corrected chi connectivity index (χ0v) is 14.7. The number of nitrogens with zero attached hydrogens (tertiary/aromatic N) is 2. The van der Waals surface area contributed by atoms with Crippen molar-refractivity contribution in [1.29, 1.82) is 0 Å². The molecule has 3 aromatic rings. The Morgan fingerprint density at radius 1 is 0.885 bits per heavy atom. The number of carbonyl (C=O) groups excluding carboxylic acids is 1. The largest absolute Gasteiger partial charge is 0.345 e. The fourth-order valence-corrected chi connectivity index (χ4v) is 2.58. The molecule has 1 amide bonds. The molecule has 0 aliphatic heterocycles. The van der Waals surface area contributed by atoms with Crippen LogP contribution in [0.1, 0.15) is 11.1 Å². The summed E-state index contributed by atoms with van der Waals surface area (Å²) in [6.07, 6.45) is 1.97. The topological polar surface area (TPSA) is 44.7 Å². The molecule has 4 heteroatoms. The van der Waals surface area contributed by atoms with Crippen LogP contribution in [0.2, 0.25) is 0 Å². The molecule has 3 rings (SSSR count). The van der Waals surface area contributed by atoms with Crippen molar-refractivity contribution in [3.05, 3.63) is 96.1 Å². The van der Waals surface area contributed by atoms with Gasteiger partial charge in [-0.3, -0.25) is 4.79 Å². The van der Waals surface area contributed by atoms with Crippen LogP contribution in [0.25, 0.3) is 0 Å². The zero-order chi connectivity index (χ0) is 18.2. The van der Waals surface area contributed by atoms with Gasteiger partial charge >= 0.3 is 0 Å². The van der Waals surface area contributed by atoms with Crippen molar-refractivity contribution in [1.82, 2.24) is 5.43 Å². The number of benzene rings is 3. The molecule has 0 heterocycles. The van der Waals surface area contributed by atoms with Crippen LogP contribution < -0.4 is 10.3 Å². The lowest BCUT2D eigenvalue weighted by Crippen LogP contribution is -2.19. The number of hydrogen-bond acceptors (Lipinski definition) is 3. The summed E-state index contributed by atoms with van der Waals surface area (Å²) in [4.78, 5) is 14.0. The van der Waals surface area contributed by atoms with Crippen LogP contribution in [0.15, 0.2) is 90.0 Å². The van der Waals surface area contributed by atoms with Gasteiger partial charge in [0.15, 0.2) is 0 Å². The highest BCUT2D eigenvalue weighted by atomic mass is 16.2. The predicted octanol–water partition coefficient (Wildman–Crippen LogP) is 4.15. The van der Waals surface area contributed by atoms with Crippen LogP contribution in [0.5, 0.6) is 0 Å². The molecule has 0 saturated carbocycles. The summed E-state index contributed by atoms with van der Waals surface area (Å²) in [5.41, 5.74) is 6.67. The Morgan fingerprint density at radius 2 is 1.46 bits per heavy atom. The molecule has 0 aromatic heterocycles. The quantitative estimate of drug-likeness (QED) is 0.540. The van der Waals surface area contributed by atoms with E-state index in [2.05, 4.69) is 27.6 Å². The number of carbonyl (C=O) groups is 1. The van der Waals surface area contributed by atoms with Crippen molar-refractivity contribution >= 4 is 23.5 Å². The van der Waals surface area contributed by atoms with Crippen LogP contribution in [-0.4, -0.2) is 19.2 Å². The van der Waals surface area contributed by atoms with Gasteiger partial charge < -0.3 is 4.90 Å². The molecule has 0 radical (unpaired) electrons. The van der Waals surface area contributed by atoms with E-state index in [1.165, 1.54) is 0 Å². The van der Waals surface area contributed by atoms with E-state index in [4.69, 9.17) is 0 Å². The van der Waals surface area contributed by atoms with Crippen molar-refractivity contribution in [2.75, 3.05) is 11.9 Å². The van der Waals surface area contributed by atoms with Crippen LogP contribution in [-0.2, 0) is 11.2 Å². The maximum Gasteiger partial charge on any atom is 0.244 e. The Labute approximate surface area is 153 Å². The first kappa shape index (κ1) is 17.4. The molecule has 0 saturated heterocycles. The van der Waals surface area contributed by atoms with Gasteiger partial charge in [0.05, 0.1) is 12.6 Å². The minimum absolute atomic E-state index is 0.132. The third kappa shape index (κ3) is 4.80. The number of anilines is 2. The van der Waals surface area contributed by atoms with E-state index < -0.39 is 0 Å². The second-order valence-corrected chi connectivity index (χ2v) is 5.94. The van der Waals surface area contributed by atoms with Crippen LogP contribution in [0, 0.1) is 0 Å². The lowest BCUT2D eigenvalue weighted by Gasteiger charge is -2.19. The highest BCUT2D eigenvalue weighted by Crippen LogP contribution is 2.22. The number of hydrazone groups is 1. The van der Waals surface area contributed by atoms with Gasteiger partial charge in [0.2, 0.25) is 5.91 Å². The van der Waals surface area contributed by atoms with E-state index >= 15 is 0 Å². The average Bonchev–Trinajstić information content (AvgIpc) is 2.69. The molecule has 3 aromatic carbocycles. The molecule has 0 aliphatic rings. The van der Waals surface area contributed by atoms with Gasteiger partial charge in [0.1, 0.15) is 0 Å². The van der Waals surface area contributed by atoms with E-state index in [-0.39, 0.29) is 5.91 Å². The number of hydrogen-bond donors (Lipinski definition) is 1. The molecule has 0 unspecified atom stereocenters. The van der Waals surface area contributed by atoms with Crippen LogP contribution in [0.4, 0.5) is 11.4 Å². The summed E-state index contributed by atoms with van der Waals surface area (Å²) in [5.74, 6) is -0.132. The van der Waals surface area contributed by atoms with Gasteiger partial charge in [0, 0.05) is 18.4 Å². The predicted molar refractivity (Wildman–Crippen MR) is 107 cm³/mol. The Kier molecular flexibility index (Phi) is 5.78. The van der Waals surface area contributed by atoms with Crippen molar-refractivity contribution in [2.24, 2.45) is 5.10 Å². The van der Waals surface area contributed by atoms with Crippen molar-refractivity contribution in [3.63, 3.8) is 0 Å². The lowest BCUT2D eigenvalue weighted by molar-refractivity contribution is -0.120. The Bertz CT molecular complexity index is 859. The molecule has 1 N–H and O–H groups in total. The maximum absolute atomic E-state index is 11.9. The first-order valence-electron chi connectivity index (χ1n) is 8.47. The molecule has 26 heavy (non-hydrogen) atoms. The maximum atomic E-state index is 11.9. The number of amides is 1. The summed E-state index contributed by atoms with van der Waals surface area (Å²) in [6, 6.07) is 27.8. The molecule has 0 spiro atoms. The number of para-hydroxylation sites is 1. The summed E-state index contributed by atoms with van der Waals surface area (Å²) < 4.78 is 0. The summed E-state index contributed by atoms with van der Waals surface area (Å²) >= 11 is 0. The number of nitrogens with one attached hydrogen (secondary N) is 1. The van der Waals surface area contributed by atoms with Gasteiger partial charge in [-0.25, -0.2) is 5.43 Å². The van der Waals surface area contributed by atoms with E-state index in [1.807, 2.05) is 79.8 Å². The van der Waals surface area contributed by atoms with Crippen LogP contribution >= 0.6 is 0 Å². The number of rotatable bonds is 6. The SMILES string of the molecule is CN(c1ccccc1)c1ccc(C=NNC(=O)Cc2ccccc2)cc1. The molecule has 130 valence electrons. The molecule has 0 fully saturated rings. The molecule has 0 aliphatic carbocycles. The molecule has 4 nitrogen and oxygen atoms in total. The smallest absolute Gasteiger partial charge is 0.244 e. The van der Waals surface area contributed by atoms with E-state index in [0.29, 0.717) is 6.42 Å². The second-order valence-electron chi connectivity index (χ2n) is 5.94. The van der Waals surface area contributed by atoms with E-state index in [9.17, 15) is 4.79 Å². The molecule has 0 atom stereocenters. The van der Waals surface area contributed by atoms with E-state index in [0.717, 1.165) is 22.5 Å². The fraction of sp³-hybridized carbons (Fsp3) is 0.0909. The summed E-state index contributed by atoms with van der Waals surface area (Å²) in [6.45, 7) is 0. The monoisotopic (exact) mass is 343 g/mol. The fourth-order valence-electron chi connectivity index (χ4n) is 2.58. The third-order valence-electron chi connectivity index (χ3n) is 4.03. The molecular weight excluding hydrogens is 322 g/mol. The highest BCUT2D eigenvalue weighted by Gasteiger charge is 2.03. The van der Waals surface area contributed by atoms with Gasteiger partial charge in [0.25, 0.3) is 0 Å². The van der Waals surface area contributed by atoms with Gasteiger partial charge in [-0.2, -0.15) is 5.10 Å². The Balaban J connectivity index is 1.55. The zero-order valence-electron chi connectivity index (χ0n) is 14.7. The average molecular weight is 343 g/mol. The van der Waals surface area contributed by atoms with Crippen molar-refractivity contribution in [3.8, 4) is 0 Å². The highest BCUT2D eigenvalue weighted by molar-refractivity contribution is 5.83. The van der Waals surface area contributed by atoms with Gasteiger partial charge in [-0.05, 0) is 35.4 Å². The standard InChI is InChI=1S/C22H21N3O/c1-25(20-10-6-3-7-11-20)21-14-12-19(13-15-21)17-23-24-22(26)16-18-8-4-2-5-9-18/h2-15,17H,16H2,1H3,(H,24,26). The molecular formula is C22H21N3O. The minimum Gasteiger partial charge on any atom is -0.345 e. The Morgan fingerprint density at radius 3 is 2.12 bits per heavy atom. The first-order valence-corrected chi connectivity index (χ1v) is 8.47. The second kappa shape index (κ2) is 8.62. The van der Waals surface area contributed by atoms with Gasteiger partial charge in [-0.15, -0.1) is 0 Å². The van der Waals surface area contributed by atoms with Crippen molar-refractivity contribution in [2.45, 2.75) is 6.42 Å². The third-order valence-corrected chi connectivity index (χ3v) is 4.03. The Hall–Kier alpha value is -3.40. The van der Waals surface area contributed by atoms with Crippen molar-refractivity contribution < 1.29 is 4.79 Å². The lowest BCUT2D eigenvalue weighted by atomic mass is 10.1. The van der Waals surface area contributed by atoms with Gasteiger partial charge in [-0.1, -0.05) is 60.7 Å². The first-order chi connectivity index (χ1) is 12.7. The van der Waals surface area contributed by atoms with Crippen LogP contribution in [0.3, 0.4) is 0 Å². The minimum atomic E-state index is -0.132. The molecule has 0 bridgehead atoms. The summed E-state index contributed by atoms with van der Waals surface area (Å²) in [5, 5.41) is 4.03. The normalized spacial score (nSPS) is 10.7. The summed E-state index contributed by atoms with van der Waals surface area (Å²) in [7, 11) is 2.03.